The second-order valence-corrected chi connectivity index (χ2v) is 11.0. The van der Waals surface area contributed by atoms with Gasteiger partial charge in [0, 0.05) is 12.5 Å². The SMILES string of the molecule is C=CC(=O)CCCCCCCCCCCCCCCCCCCCCCCCCCCCOC(=O)C=C. The number of allylic oxidation sites excluding steroid dienone is 1. The van der Waals surface area contributed by atoms with Crippen LogP contribution in [0.2, 0.25) is 0 Å². The average molecular weight is 519 g/mol. The summed E-state index contributed by atoms with van der Waals surface area (Å²) >= 11 is 0. The first-order valence-electron chi connectivity index (χ1n) is 16.1. The van der Waals surface area contributed by atoms with Gasteiger partial charge in [0.15, 0.2) is 5.78 Å². The van der Waals surface area contributed by atoms with Crippen LogP contribution in [-0.2, 0) is 14.3 Å². The van der Waals surface area contributed by atoms with Crippen LogP contribution in [0.5, 0.6) is 0 Å². The number of rotatable bonds is 31. The van der Waals surface area contributed by atoms with E-state index in [9.17, 15) is 9.59 Å². The number of ketones is 1. The minimum Gasteiger partial charge on any atom is -0.463 e. The zero-order valence-corrected chi connectivity index (χ0v) is 24.6. The lowest BCUT2D eigenvalue weighted by Crippen LogP contribution is -2.01. The maximum atomic E-state index is 11.1. The van der Waals surface area contributed by atoms with E-state index in [1.807, 2.05) is 0 Å². The molecule has 0 saturated carbocycles. The molecule has 0 aromatic carbocycles. The van der Waals surface area contributed by atoms with E-state index in [0.717, 1.165) is 19.3 Å². The van der Waals surface area contributed by atoms with E-state index in [-0.39, 0.29) is 11.8 Å². The van der Waals surface area contributed by atoms with Crippen LogP contribution in [0.4, 0.5) is 0 Å². The lowest BCUT2D eigenvalue weighted by atomic mass is 10.0. The van der Waals surface area contributed by atoms with E-state index in [4.69, 9.17) is 4.74 Å². The predicted molar refractivity (Wildman–Crippen MR) is 161 cm³/mol. The van der Waals surface area contributed by atoms with E-state index < -0.39 is 0 Å². The molecule has 0 aliphatic rings. The monoisotopic (exact) mass is 518 g/mol. The molecule has 0 saturated heterocycles. The second-order valence-electron chi connectivity index (χ2n) is 11.0. The van der Waals surface area contributed by atoms with Gasteiger partial charge < -0.3 is 4.74 Å². The van der Waals surface area contributed by atoms with Gasteiger partial charge in [-0.2, -0.15) is 0 Å². The number of carbonyl (C=O) groups is 2. The molecule has 3 heteroatoms. The molecule has 0 aliphatic heterocycles. The van der Waals surface area contributed by atoms with E-state index >= 15 is 0 Å². The van der Waals surface area contributed by atoms with Gasteiger partial charge in [-0.05, 0) is 18.9 Å². The van der Waals surface area contributed by atoms with Gasteiger partial charge in [0.1, 0.15) is 0 Å². The molecule has 0 radical (unpaired) electrons. The van der Waals surface area contributed by atoms with Gasteiger partial charge in [-0.1, -0.05) is 167 Å². The van der Waals surface area contributed by atoms with Crippen LogP contribution in [0, 0.1) is 0 Å². The highest BCUT2D eigenvalue weighted by molar-refractivity contribution is 5.88. The molecule has 0 aromatic rings. The molecular weight excluding hydrogens is 456 g/mol. The summed E-state index contributed by atoms with van der Waals surface area (Å²) in [5.74, 6) is -0.108. The van der Waals surface area contributed by atoms with Gasteiger partial charge in [0.25, 0.3) is 0 Å². The molecule has 0 bridgehead atoms. The highest BCUT2D eigenvalue weighted by atomic mass is 16.5. The van der Waals surface area contributed by atoms with Crippen molar-refractivity contribution in [2.45, 2.75) is 173 Å². The Bertz CT molecular complexity index is 479. The van der Waals surface area contributed by atoms with Crippen LogP contribution in [0.15, 0.2) is 25.3 Å². The fraction of sp³-hybridized carbons (Fsp3) is 0.824. The molecule has 37 heavy (non-hydrogen) atoms. The van der Waals surface area contributed by atoms with Gasteiger partial charge >= 0.3 is 5.97 Å². The molecule has 0 atom stereocenters. The lowest BCUT2D eigenvalue weighted by Gasteiger charge is -2.05. The molecule has 0 heterocycles. The Morgan fingerprint density at radius 1 is 0.405 bits per heavy atom. The van der Waals surface area contributed by atoms with Crippen molar-refractivity contribution in [3.63, 3.8) is 0 Å². The Hall–Kier alpha value is -1.38. The number of carbonyl (C=O) groups excluding carboxylic acids is 2. The summed E-state index contributed by atoms with van der Waals surface area (Å²) in [6, 6.07) is 0. The largest absolute Gasteiger partial charge is 0.463 e. The van der Waals surface area contributed by atoms with Gasteiger partial charge in [-0.15, -0.1) is 0 Å². The lowest BCUT2D eigenvalue weighted by molar-refractivity contribution is -0.137. The number of ether oxygens (including phenoxy) is 1. The normalized spacial score (nSPS) is 10.9. The third kappa shape index (κ3) is 30.7. The Labute approximate surface area is 231 Å². The zero-order valence-electron chi connectivity index (χ0n) is 24.6. The molecule has 0 rings (SSSR count). The highest BCUT2D eigenvalue weighted by Crippen LogP contribution is 2.16. The summed E-state index contributed by atoms with van der Waals surface area (Å²) in [6.45, 7) is 7.46. The summed E-state index contributed by atoms with van der Waals surface area (Å²) in [5, 5.41) is 0. The average Bonchev–Trinajstić information content (AvgIpc) is 2.91. The van der Waals surface area contributed by atoms with E-state index in [0.29, 0.717) is 13.0 Å². The third-order valence-corrected chi connectivity index (χ3v) is 7.46. The Morgan fingerprint density at radius 3 is 0.946 bits per heavy atom. The van der Waals surface area contributed by atoms with Gasteiger partial charge in [0.05, 0.1) is 6.61 Å². The van der Waals surface area contributed by atoms with Gasteiger partial charge in [-0.25, -0.2) is 4.79 Å². The molecule has 0 amide bonds. The summed E-state index contributed by atoms with van der Waals surface area (Å²) in [6.07, 6.45) is 38.4. The van der Waals surface area contributed by atoms with Crippen LogP contribution in [0.1, 0.15) is 173 Å². The fourth-order valence-electron chi connectivity index (χ4n) is 4.98. The number of hydrogen-bond donors (Lipinski definition) is 0. The van der Waals surface area contributed by atoms with Crippen molar-refractivity contribution in [1.82, 2.24) is 0 Å². The Kier molecular flexibility index (Phi) is 29.7. The Balaban J connectivity index is 3.06. The van der Waals surface area contributed by atoms with Crippen LogP contribution < -0.4 is 0 Å². The minimum atomic E-state index is -0.303. The predicted octanol–water partition coefficient (Wildman–Crippen LogP) is 11.0. The van der Waals surface area contributed by atoms with Crippen molar-refractivity contribution >= 4 is 11.8 Å². The smallest absolute Gasteiger partial charge is 0.330 e. The van der Waals surface area contributed by atoms with Crippen LogP contribution in [-0.4, -0.2) is 18.4 Å². The first-order chi connectivity index (χ1) is 18.2. The summed E-state index contributed by atoms with van der Waals surface area (Å²) in [7, 11) is 0. The number of hydrogen-bond acceptors (Lipinski definition) is 3. The molecule has 0 unspecified atom stereocenters. The minimum absolute atomic E-state index is 0.195. The third-order valence-electron chi connectivity index (χ3n) is 7.46. The summed E-state index contributed by atoms with van der Waals surface area (Å²) in [5.41, 5.74) is 0. The first kappa shape index (κ1) is 35.6. The van der Waals surface area contributed by atoms with Crippen LogP contribution in [0.25, 0.3) is 0 Å². The number of esters is 1. The quantitative estimate of drug-likeness (QED) is 0.0520. The molecule has 0 spiro atoms. The van der Waals surface area contributed by atoms with Crippen LogP contribution in [0.3, 0.4) is 0 Å². The molecular formula is C34H62O3. The molecule has 0 aliphatic carbocycles. The molecule has 216 valence electrons. The second kappa shape index (κ2) is 30.8. The van der Waals surface area contributed by atoms with E-state index in [1.54, 1.807) is 0 Å². The van der Waals surface area contributed by atoms with E-state index in [2.05, 4.69) is 13.2 Å². The van der Waals surface area contributed by atoms with E-state index in [1.165, 1.54) is 160 Å². The topological polar surface area (TPSA) is 43.4 Å². The maximum Gasteiger partial charge on any atom is 0.330 e. The maximum absolute atomic E-state index is 11.1. The standard InChI is InChI=1S/C34H62O3/c1-3-33(35)31-29-27-25-23-21-19-17-15-13-11-9-7-5-6-8-10-12-14-16-18-20-22-24-26-28-30-32-37-34(36)4-2/h3-4H,1-2,5-32H2. The van der Waals surface area contributed by atoms with Crippen molar-refractivity contribution in [2.24, 2.45) is 0 Å². The summed E-state index contributed by atoms with van der Waals surface area (Å²) in [4.78, 5) is 22.1. The first-order valence-corrected chi connectivity index (χ1v) is 16.1. The van der Waals surface area contributed by atoms with Gasteiger partial charge in [0.2, 0.25) is 0 Å². The zero-order chi connectivity index (χ0) is 27.1. The molecule has 0 aromatic heterocycles. The van der Waals surface area contributed by atoms with Crippen LogP contribution >= 0.6 is 0 Å². The van der Waals surface area contributed by atoms with Crippen molar-refractivity contribution in [3.8, 4) is 0 Å². The molecule has 0 N–H and O–H groups in total. The molecule has 0 fully saturated rings. The fourth-order valence-corrected chi connectivity index (χ4v) is 4.98. The molecule has 3 nitrogen and oxygen atoms in total. The number of unbranched alkanes of at least 4 members (excludes halogenated alkanes) is 25. The van der Waals surface area contributed by atoms with Gasteiger partial charge in [-0.3, -0.25) is 4.79 Å². The Morgan fingerprint density at radius 2 is 0.676 bits per heavy atom. The van der Waals surface area contributed by atoms with Crippen molar-refractivity contribution in [3.05, 3.63) is 25.3 Å². The highest BCUT2D eigenvalue weighted by Gasteiger charge is 1.98. The summed E-state index contributed by atoms with van der Waals surface area (Å²) < 4.78 is 4.99. The van der Waals surface area contributed by atoms with Crippen molar-refractivity contribution in [2.75, 3.05) is 6.61 Å². The van der Waals surface area contributed by atoms with Crippen molar-refractivity contribution < 1.29 is 14.3 Å². The van der Waals surface area contributed by atoms with Crippen molar-refractivity contribution in [1.29, 1.82) is 0 Å².